The van der Waals surface area contributed by atoms with Gasteiger partial charge in [-0.1, -0.05) is 25.5 Å². The summed E-state index contributed by atoms with van der Waals surface area (Å²) in [6.07, 6.45) is 1.35. The number of Topliss-reactive ketones (excluding diaryl/α,β-unsaturated/α-hetero) is 1. The molecule has 0 aliphatic carbocycles. The predicted octanol–water partition coefficient (Wildman–Crippen LogP) is 3.42. The van der Waals surface area contributed by atoms with Gasteiger partial charge < -0.3 is 14.9 Å². The summed E-state index contributed by atoms with van der Waals surface area (Å²) >= 11 is 0. The third kappa shape index (κ3) is 6.06. The van der Waals surface area contributed by atoms with E-state index in [1.165, 1.54) is 37.3 Å². The Bertz CT molecular complexity index is 1010. The standard InChI is InChI=1S/C22H26O7S/c1-3-5-19-20(11-10-18(15(2)23)22(19)26)29-12-4-13-30(27,28)17-8-6-16(7-9-17)14-21(24)25/h6-11,26H,3-5,12-14H2,1-2H3,(H,24,25). The highest BCUT2D eigenvalue weighted by Gasteiger charge is 2.17. The summed E-state index contributed by atoms with van der Waals surface area (Å²) in [4.78, 5) is 22.5. The molecule has 0 saturated carbocycles. The molecule has 0 spiro atoms. The lowest BCUT2D eigenvalue weighted by Gasteiger charge is -2.14. The van der Waals surface area contributed by atoms with E-state index in [0.717, 1.165) is 6.42 Å². The quantitative estimate of drug-likeness (QED) is 0.411. The molecular weight excluding hydrogens is 408 g/mol. The molecule has 0 aromatic heterocycles. The van der Waals surface area contributed by atoms with E-state index in [1.807, 2.05) is 6.92 Å². The molecule has 8 heteroatoms. The van der Waals surface area contributed by atoms with Gasteiger partial charge in [-0.15, -0.1) is 0 Å². The summed E-state index contributed by atoms with van der Waals surface area (Å²) < 4.78 is 30.6. The lowest BCUT2D eigenvalue weighted by atomic mass is 10.0. The number of hydrogen-bond donors (Lipinski definition) is 2. The summed E-state index contributed by atoms with van der Waals surface area (Å²) in [6.45, 7) is 3.45. The van der Waals surface area contributed by atoms with Gasteiger partial charge in [-0.05, 0) is 49.6 Å². The molecule has 0 amide bonds. The Morgan fingerprint density at radius 3 is 2.30 bits per heavy atom. The Morgan fingerprint density at radius 1 is 1.07 bits per heavy atom. The molecular formula is C22H26O7S. The molecule has 0 heterocycles. The van der Waals surface area contributed by atoms with E-state index in [0.29, 0.717) is 23.3 Å². The number of carbonyl (C=O) groups excluding carboxylic acids is 1. The topological polar surface area (TPSA) is 118 Å². The number of carboxylic acid groups (broad SMARTS) is 1. The fourth-order valence-corrected chi connectivity index (χ4v) is 4.35. The van der Waals surface area contributed by atoms with Gasteiger partial charge in [0.15, 0.2) is 15.6 Å². The van der Waals surface area contributed by atoms with Crippen LogP contribution in [0.4, 0.5) is 0 Å². The Labute approximate surface area is 176 Å². The number of rotatable bonds is 11. The predicted molar refractivity (Wildman–Crippen MR) is 112 cm³/mol. The molecule has 30 heavy (non-hydrogen) atoms. The number of ether oxygens (including phenoxy) is 1. The Kier molecular flexibility index (Phi) is 8.00. The highest BCUT2D eigenvalue weighted by Crippen LogP contribution is 2.33. The number of phenolic OH excluding ortho intramolecular Hbond substituents is 1. The SMILES string of the molecule is CCCc1c(OCCCS(=O)(=O)c2ccc(CC(=O)O)cc2)ccc(C(C)=O)c1O. The molecule has 2 rings (SSSR count). The molecule has 0 radical (unpaired) electrons. The second-order valence-electron chi connectivity index (χ2n) is 6.98. The smallest absolute Gasteiger partial charge is 0.307 e. The van der Waals surface area contributed by atoms with Crippen molar-refractivity contribution in [1.82, 2.24) is 0 Å². The van der Waals surface area contributed by atoms with Gasteiger partial charge in [0.25, 0.3) is 0 Å². The maximum atomic E-state index is 12.5. The first-order valence-corrected chi connectivity index (χ1v) is 11.3. The highest BCUT2D eigenvalue weighted by atomic mass is 32.2. The van der Waals surface area contributed by atoms with Crippen molar-refractivity contribution in [2.45, 2.75) is 44.4 Å². The fraction of sp³-hybridized carbons (Fsp3) is 0.364. The number of sulfone groups is 1. The average Bonchev–Trinajstić information content (AvgIpc) is 2.67. The van der Waals surface area contributed by atoms with Crippen LogP contribution in [0.15, 0.2) is 41.3 Å². The number of benzene rings is 2. The molecule has 0 atom stereocenters. The van der Waals surface area contributed by atoms with Gasteiger partial charge >= 0.3 is 5.97 Å². The van der Waals surface area contributed by atoms with E-state index in [1.54, 1.807) is 6.07 Å². The maximum absolute atomic E-state index is 12.5. The summed E-state index contributed by atoms with van der Waals surface area (Å²) in [6, 6.07) is 8.93. The van der Waals surface area contributed by atoms with Crippen molar-refractivity contribution in [3.8, 4) is 11.5 Å². The van der Waals surface area contributed by atoms with Crippen LogP contribution >= 0.6 is 0 Å². The third-order valence-corrected chi connectivity index (χ3v) is 6.39. The number of aromatic hydroxyl groups is 1. The zero-order valence-electron chi connectivity index (χ0n) is 17.1. The van der Waals surface area contributed by atoms with E-state index in [-0.39, 0.29) is 47.2 Å². The number of phenols is 1. The van der Waals surface area contributed by atoms with Crippen LogP contribution in [0.3, 0.4) is 0 Å². The zero-order valence-corrected chi connectivity index (χ0v) is 17.9. The van der Waals surface area contributed by atoms with Gasteiger partial charge in [0.1, 0.15) is 11.5 Å². The van der Waals surface area contributed by atoms with Gasteiger partial charge in [0.05, 0.1) is 29.2 Å². The van der Waals surface area contributed by atoms with Crippen molar-refractivity contribution in [1.29, 1.82) is 0 Å². The van der Waals surface area contributed by atoms with Crippen molar-refractivity contribution < 1.29 is 33.0 Å². The maximum Gasteiger partial charge on any atom is 0.307 e. The van der Waals surface area contributed by atoms with E-state index >= 15 is 0 Å². The first-order valence-electron chi connectivity index (χ1n) is 9.67. The minimum absolute atomic E-state index is 0.0871. The van der Waals surface area contributed by atoms with Gasteiger partial charge in [-0.2, -0.15) is 0 Å². The number of hydrogen-bond acceptors (Lipinski definition) is 6. The van der Waals surface area contributed by atoms with Gasteiger partial charge in [0.2, 0.25) is 0 Å². The van der Waals surface area contributed by atoms with Gasteiger partial charge in [-0.25, -0.2) is 8.42 Å². The average molecular weight is 435 g/mol. The number of ketones is 1. The molecule has 2 aromatic carbocycles. The minimum Gasteiger partial charge on any atom is -0.507 e. The van der Waals surface area contributed by atoms with E-state index in [4.69, 9.17) is 9.84 Å². The van der Waals surface area contributed by atoms with E-state index < -0.39 is 15.8 Å². The second kappa shape index (κ2) is 10.2. The number of carbonyl (C=O) groups is 2. The molecule has 0 unspecified atom stereocenters. The van der Waals surface area contributed by atoms with Crippen LogP contribution in [0.5, 0.6) is 11.5 Å². The van der Waals surface area contributed by atoms with Crippen molar-refractivity contribution >= 4 is 21.6 Å². The third-order valence-electron chi connectivity index (χ3n) is 4.57. The van der Waals surface area contributed by atoms with Crippen molar-refractivity contribution in [2.24, 2.45) is 0 Å². The Balaban J connectivity index is 2.01. The van der Waals surface area contributed by atoms with E-state index in [2.05, 4.69) is 0 Å². The summed E-state index contributed by atoms with van der Waals surface area (Å²) in [5.74, 6) is -0.999. The van der Waals surface area contributed by atoms with Crippen LogP contribution in [0.25, 0.3) is 0 Å². The zero-order chi connectivity index (χ0) is 22.3. The first kappa shape index (κ1) is 23.4. The van der Waals surface area contributed by atoms with Crippen LogP contribution < -0.4 is 4.74 Å². The Morgan fingerprint density at radius 2 is 1.73 bits per heavy atom. The number of aliphatic carboxylic acids is 1. The lowest BCUT2D eigenvalue weighted by Crippen LogP contribution is -2.11. The van der Waals surface area contributed by atoms with Crippen LogP contribution in [0, 0.1) is 0 Å². The molecule has 0 aliphatic heterocycles. The highest BCUT2D eigenvalue weighted by molar-refractivity contribution is 7.91. The molecule has 7 nitrogen and oxygen atoms in total. The lowest BCUT2D eigenvalue weighted by molar-refractivity contribution is -0.136. The minimum atomic E-state index is -3.53. The van der Waals surface area contributed by atoms with Gasteiger partial charge in [-0.3, -0.25) is 9.59 Å². The monoisotopic (exact) mass is 434 g/mol. The fourth-order valence-electron chi connectivity index (χ4n) is 3.07. The summed E-state index contributed by atoms with van der Waals surface area (Å²) in [5.41, 5.74) is 1.31. The molecule has 0 bridgehead atoms. The van der Waals surface area contributed by atoms with Crippen LogP contribution in [-0.4, -0.2) is 42.7 Å². The summed E-state index contributed by atoms with van der Waals surface area (Å²) in [5, 5.41) is 19.1. The molecule has 0 fully saturated rings. The van der Waals surface area contributed by atoms with Crippen LogP contribution in [0.1, 0.15) is 48.2 Å². The summed E-state index contributed by atoms with van der Waals surface area (Å²) in [7, 11) is -3.53. The van der Waals surface area contributed by atoms with E-state index in [9.17, 15) is 23.1 Å². The molecule has 0 aliphatic rings. The second-order valence-corrected chi connectivity index (χ2v) is 9.09. The molecule has 0 saturated heterocycles. The molecule has 162 valence electrons. The van der Waals surface area contributed by atoms with Crippen molar-refractivity contribution in [2.75, 3.05) is 12.4 Å². The van der Waals surface area contributed by atoms with Crippen molar-refractivity contribution in [3.63, 3.8) is 0 Å². The van der Waals surface area contributed by atoms with Crippen LogP contribution in [0.2, 0.25) is 0 Å². The largest absolute Gasteiger partial charge is 0.507 e. The normalized spacial score (nSPS) is 11.3. The number of carboxylic acids is 1. The molecule has 2 N–H and O–H groups in total. The molecule has 2 aromatic rings. The van der Waals surface area contributed by atoms with Crippen LogP contribution in [-0.2, 0) is 27.5 Å². The van der Waals surface area contributed by atoms with Gasteiger partial charge in [0, 0.05) is 5.56 Å². The van der Waals surface area contributed by atoms with Crippen molar-refractivity contribution in [3.05, 3.63) is 53.1 Å². The Hall–Kier alpha value is -2.87. The first-order chi connectivity index (χ1) is 14.2.